The molecule has 1 aliphatic heterocycles. The first-order valence-corrected chi connectivity index (χ1v) is 8.40. The van der Waals surface area contributed by atoms with Gasteiger partial charge < -0.3 is 5.32 Å². The molecule has 0 saturated carbocycles. The molecule has 1 N–H and O–H groups in total. The molecule has 2 heterocycles. The number of hydrogen-bond donors (Lipinski definition) is 1. The molecule has 5 nitrogen and oxygen atoms in total. The number of carbonyl (C=O) groups is 1. The van der Waals surface area contributed by atoms with Gasteiger partial charge in [-0.2, -0.15) is 0 Å². The predicted octanol–water partition coefficient (Wildman–Crippen LogP) is 2.36. The van der Waals surface area contributed by atoms with E-state index < -0.39 is 0 Å². The minimum absolute atomic E-state index is 0.0235. The summed E-state index contributed by atoms with van der Waals surface area (Å²) in [6, 6.07) is 12.2. The van der Waals surface area contributed by atoms with Gasteiger partial charge in [-0.1, -0.05) is 18.2 Å². The maximum atomic E-state index is 11.3. The van der Waals surface area contributed by atoms with Gasteiger partial charge in [0.1, 0.15) is 0 Å². The second kappa shape index (κ2) is 8.04. The fraction of sp³-hybridized carbons (Fsp3) is 0.368. The Bertz CT molecular complexity index is 666. The van der Waals surface area contributed by atoms with E-state index in [9.17, 15) is 4.79 Å². The van der Waals surface area contributed by atoms with Crippen LogP contribution in [-0.2, 0) is 17.9 Å². The third-order valence-electron chi connectivity index (χ3n) is 4.34. The maximum absolute atomic E-state index is 11.3. The Morgan fingerprint density at radius 2 is 1.62 bits per heavy atom. The minimum Gasteiger partial charge on any atom is -0.326 e. The highest BCUT2D eigenvalue weighted by atomic mass is 16.1. The number of nitrogens with zero attached hydrogens (tertiary/aromatic N) is 3. The molecule has 24 heavy (non-hydrogen) atoms. The number of hydrogen-bond acceptors (Lipinski definition) is 4. The topological polar surface area (TPSA) is 48.5 Å². The third-order valence-corrected chi connectivity index (χ3v) is 4.34. The molecule has 0 aliphatic carbocycles. The van der Waals surface area contributed by atoms with Crippen LogP contribution >= 0.6 is 0 Å². The van der Waals surface area contributed by atoms with E-state index in [1.807, 2.05) is 30.6 Å². The molecule has 3 rings (SSSR count). The van der Waals surface area contributed by atoms with E-state index in [1.165, 1.54) is 11.1 Å². The van der Waals surface area contributed by atoms with Gasteiger partial charge in [0.05, 0.1) is 0 Å². The van der Waals surface area contributed by atoms with Crippen molar-refractivity contribution in [3.05, 3.63) is 59.9 Å². The van der Waals surface area contributed by atoms with Gasteiger partial charge in [-0.3, -0.25) is 19.6 Å². The summed E-state index contributed by atoms with van der Waals surface area (Å²) >= 11 is 0. The van der Waals surface area contributed by atoms with Gasteiger partial charge in [-0.25, -0.2) is 0 Å². The Labute approximate surface area is 143 Å². The molecule has 1 amide bonds. The second-order valence-electron chi connectivity index (χ2n) is 6.25. The maximum Gasteiger partial charge on any atom is 0.221 e. The molecule has 0 spiro atoms. The van der Waals surface area contributed by atoms with Crippen LogP contribution in [0.3, 0.4) is 0 Å². The van der Waals surface area contributed by atoms with Crippen LogP contribution < -0.4 is 5.32 Å². The molecule has 0 unspecified atom stereocenters. The monoisotopic (exact) mass is 324 g/mol. The highest BCUT2D eigenvalue weighted by Gasteiger charge is 2.18. The van der Waals surface area contributed by atoms with Crippen LogP contribution in [0.4, 0.5) is 5.69 Å². The highest BCUT2D eigenvalue weighted by molar-refractivity contribution is 5.89. The number of anilines is 1. The van der Waals surface area contributed by atoms with Crippen LogP contribution in [0.2, 0.25) is 0 Å². The second-order valence-corrected chi connectivity index (χ2v) is 6.25. The van der Waals surface area contributed by atoms with E-state index in [0.29, 0.717) is 0 Å². The normalized spacial score (nSPS) is 16.0. The number of aromatic nitrogens is 1. The number of pyridine rings is 1. The first-order valence-electron chi connectivity index (χ1n) is 8.40. The summed E-state index contributed by atoms with van der Waals surface area (Å²) in [7, 11) is 0. The van der Waals surface area contributed by atoms with E-state index in [0.717, 1.165) is 45.0 Å². The standard InChI is InChI=1S/C19H24N4O/c1-16(24)21-19-5-3-2-4-18(19)15-23-12-10-22(11-13-23)14-17-6-8-20-9-7-17/h2-9H,10-15H2,1H3,(H,21,24). The summed E-state index contributed by atoms with van der Waals surface area (Å²) in [5, 5.41) is 2.92. The number of rotatable bonds is 5. The Morgan fingerprint density at radius 1 is 1.00 bits per heavy atom. The molecule has 1 aromatic heterocycles. The fourth-order valence-corrected chi connectivity index (χ4v) is 3.06. The zero-order valence-electron chi connectivity index (χ0n) is 14.1. The van der Waals surface area contributed by atoms with Gasteiger partial charge in [-0.05, 0) is 29.3 Å². The number of benzene rings is 1. The van der Waals surface area contributed by atoms with Crippen LogP contribution in [0.1, 0.15) is 18.1 Å². The van der Waals surface area contributed by atoms with Crippen molar-refractivity contribution < 1.29 is 4.79 Å². The lowest BCUT2D eigenvalue weighted by Gasteiger charge is -2.35. The quantitative estimate of drug-likeness (QED) is 0.917. The van der Waals surface area contributed by atoms with E-state index in [2.05, 4.69) is 38.3 Å². The molecule has 1 saturated heterocycles. The smallest absolute Gasteiger partial charge is 0.221 e. The van der Waals surface area contributed by atoms with Crippen molar-refractivity contribution >= 4 is 11.6 Å². The molecule has 1 aliphatic rings. The molecule has 0 atom stereocenters. The fourth-order valence-electron chi connectivity index (χ4n) is 3.06. The number of carbonyl (C=O) groups excluding carboxylic acids is 1. The van der Waals surface area contributed by atoms with Crippen molar-refractivity contribution in [2.24, 2.45) is 0 Å². The van der Waals surface area contributed by atoms with Gasteiger partial charge in [0.25, 0.3) is 0 Å². The predicted molar refractivity (Wildman–Crippen MR) is 95.5 cm³/mol. The lowest BCUT2D eigenvalue weighted by molar-refractivity contribution is -0.114. The SMILES string of the molecule is CC(=O)Nc1ccccc1CN1CCN(Cc2ccncc2)CC1. The van der Waals surface area contributed by atoms with Crippen molar-refractivity contribution in [3.8, 4) is 0 Å². The minimum atomic E-state index is -0.0235. The van der Waals surface area contributed by atoms with Crippen molar-refractivity contribution in [1.29, 1.82) is 0 Å². The van der Waals surface area contributed by atoms with Crippen LogP contribution in [0.15, 0.2) is 48.8 Å². The number of piperazine rings is 1. The summed E-state index contributed by atoms with van der Waals surface area (Å²) < 4.78 is 0. The van der Waals surface area contributed by atoms with Gasteiger partial charge in [-0.15, -0.1) is 0 Å². The van der Waals surface area contributed by atoms with E-state index in [-0.39, 0.29) is 5.91 Å². The van der Waals surface area contributed by atoms with Crippen molar-refractivity contribution in [2.45, 2.75) is 20.0 Å². The summed E-state index contributed by atoms with van der Waals surface area (Å²) in [5.74, 6) is -0.0235. The largest absolute Gasteiger partial charge is 0.326 e. The van der Waals surface area contributed by atoms with Crippen LogP contribution in [0, 0.1) is 0 Å². The van der Waals surface area contributed by atoms with Crippen LogP contribution in [0.5, 0.6) is 0 Å². The Hall–Kier alpha value is -2.24. The molecular weight excluding hydrogens is 300 g/mol. The summed E-state index contributed by atoms with van der Waals surface area (Å²) in [5.41, 5.74) is 3.41. The Balaban J connectivity index is 1.53. The van der Waals surface area contributed by atoms with Crippen molar-refractivity contribution in [1.82, 2.24) is 14.8 Å². The average molecular weight is 324 g/mol. The molecule has 1 aromatic carbocycles. The molecular formula is C19H24N4O. The lowest BCUT2D eigenvalue weighted by atomic mass is 10.1. The molecule has 5 heteroatoms. The number of para-hydroxylation sites is 1. The highest BCUT2D eigenvalue weighted by Crippen LogP contribution is 2.18. The zero-order valence-corrected chi connectivity index (χ0v) is 14.1. The molecule has 126 valence electrons. The first-order chi connectivity index (χ1) is 11.7. The van der Waals surface area contributed by atoms with E-state index in [1.54, 1.807) is 6.92 Å². The van der Waals surface area contributed by atoms with Crippen LogP contribution in [-0.4, -0.2) is 46.9 Å². The summed E-state index contributed by atoms with van der Waals surface area (Å²) in [4.78, 5) is 20.3. The molecule has 0 radical (unpaired) electrons. The van der Waals surface area contributed by atoms with Gasteiger partial charge in [0, 0.05) is 64.3 Å². The zero-order chi connectivity index (χ0) is 16.8. The van der Waals surface area contributed by atoms with E-state index in [4.69, 9.17) is 0 Å². The Kier molecular flexibility index (Phi) is 5.56. The van der Waals surface area contributed by atoms with Crippen molar-refractivity contribution in [3.63, 3.8) is 0 Å². The van der Waals surface area contributed by atoms with Gasteiger partial charge in [0.2, 0.25) is 5.91 Å². The number of amides is 1. The first kappa shape index (κ1) is 16.6. The average Bonchev–Trinajstić information content (AvgIpc) is 2.59. The van der Waals surface area contributed by atoms with Crippen LogP contribution in [0.25, 0.3) is 0 Å². The van der Waals surface area contributed by atoms with Gasteiger partial charge >= 0.3 is 0 Å². The molecule has 1 fully saturated rings. The Morgan fingerprint density at radius 3 is 2.29 bits per heavy atom. The van der Waals surface area contributed by atoms with E-state index >= 15 is 0 Å². The third kappa shape index (κ3) is 4.63. The summed E-state index contributed by atoms with van der Waals surface area (Å²) in [6.07, 6.45) is 3.70. The number of nitrogens with one attached hydrogen (secondary N) is 1. The van der Waals surface area contributed by atoms with Gasteiger partial charge in [0.15, 0.2) is 0 Å². The van der Waals surface area contributed by atoms with Crippen molar-refractivity contribution in [2.75, 3.05) is 31.5 Å². The lowest BCUT2D eigenvalue weighted by Crippen LogP contribution is -2.45. The summed E-state index contributed by atoms with van der Waals surface area (Å²) in [6.45, 7) is 7.61. The molecule has 2 aromatic rings. The molecule has 0 bridgehead atoms.